The van der Waals surface area contributed by atoms with E-state index in [0.29, 0.717) is 16.8 Å². The van der Waals surface area contributed by atoms with E-state index in [9.17, 15) is 19.2 Å². The lowest BCUT2D eigenvalue weighted by molar-refractivity contribution is -0.152. The number of esters is 1. The molecule has 1 aromatic carbocycles. The van der Waals surface area contributed by atoms with Gasteiger partial charge in [-0.1, -0.05) is 18.2 Å². The van der Waals surface area contributed by atoms with E-state index in [0.717, 1.165) is 4.57 Å². The fraction of sp³-hybridized carbons (Fsp3) is 0.333. The van der Waals surface area contributed by atoms with E-state index in [1.54, 1.807) is 24.3 Å². The second-order valence-electron chi connectivity index (χ2n) is 6.12. The Kier molecular flexibility index (Phi) is 6.17. The lowest BCUT2D eigenvalue weighted by atomic mass is 10.1. The van der Waals surface area contributed by atoms with E-state index in [2.05, 4.69) is 4.98 Å². The Balaban J connectivity index is 2.35. The minimum absolute atomic E-state index is 0.0683. The van der Waals surface area contributed by atoms with E-state index in [4.69, 9.17) is 10.5 Å². The number of aromatic nitrogens is 2. The molecule has 0 aliphatic heterocycles. The predicted octanol–water partition coefficient (Wildman–Crippen LogP) is 0.0175. The number of aryl methyl sites for hydroxylation is 1. The molecule has 0 fully saturated rings. The van der Waals surface area contributed by atoms with E-state index < -0.39 is 29.2 Å². The smallest absolute Gasteiger partial charge is 0.328 e. The summed E-state index contributed by atoms with van der Waals surface area (Å²) in [4.78, 5) is 51.7. The predicted molar refractivity (Wildman–Crippen MR) is 98.9 cm³/mol. The first-order chi connectivity index (χ1) is 12.7. The Morgan fingerprint density at radius 2 is 1.96 bits per heavy atom. The van der Waals surface area contributed by atoms with Crippen molar-refractivity contribution in [2.75, 3.05) is 12.8 Å². The van der Waals surface area contributed by atoms with Gasteiger partial charge >= 0.3 is 11.7 Å². The zero-order valence-corrected chi connectivity index (χ0v) is 15.4. The van der Waals surface area contributed by atoms with Crippen LogP contribution >= 0.6 is 0 Å². The minimum Gasteiger partial charge on any atom is -0.467 e. The van der Waals surface area contributed by atoms with Crippen molar-refractivity contribution >= 4 is 17.6 Å². The van der Waals surface area contributed by atoms with Crippen molar-refractivity contribution in [3.63, 3.8) is 0 Å². The summed E-state index contributed by atoms with van der Waals surface area (Å²) in [6.07, 6.45) is 1.30. The van der Waals surface area contributed by atoms with Crippen molar-refractivity contribution in [2.24, 2.45) is 0 Å². The van der Waals surface area contributed by atoms with Crippen LogP contribution in [0.4, 0.5) is 5.69 Å². The summed E-state index contributed by atoms with van der Waals surface area (Å²) in [6.45, 7) is 2.78. The largest absolute Gasteiger partial charge is 0.467 e. The average Bonchev–Trinajstić information content (AvgIpc) is 2.64. The van der Waals surface area contributed by atoms with E-state index in [1.807, 2.05) is 0 Å². The maximum atomic E-state index is 12.9. The van der Waals surface area contributed by atoms with Crippen molar-refractivity contribution in [1.82, 2.24) is 14.5 Å². The fourth-order valence-electron chi connectivity index (χ4n) is 2.57. The zero-order chi connectivity index (χ0) is 20.1. The number of nitrogen functional groups attached to an aromatic ring is 1. The molecule has 0 bridgehead atoms. The van der Waals surface area contributed by atoms with Crippen LogP contribution in [0.1, 0.15) is 18.1 Å². The first-order valence-corrected chi connectivity index (χ1v) is 8.25. The Morgan fingerprint density at radius 1 is 1.30 bits per heavy atom. The third-order valence-corrected chi connectivity index (χ3v) is 4.22. The van der Waals surface area contributed by atoms with Crippen LogP contribution in [0, 0.1) is 6.92 Å². The summed E-state index contributed by atoms with van der Waals surface area (Å²) < 4.78 is 5.83. The SMILES string of the molecule is COC(=O)[C@@H](C)N(Cc1ccccc1N)C(=O)Cn1cc(C)c(=O)[nH]c1=O. The zero-order valence-electron chi connectivity index (χ0n) is 15.4. The quantitative estimate of drug-likeness (QED) is 0.542. The highest BCUT2D eigenvalue weighted by molar-refractivity contribution is 5.84. The number of ether oxygens (including phenoxy) is 1. The van der Waals surface area contributed by atoms with Gasteiger partial charge in [-0.05, 0) is 25.5 Å². The van der Waals surface area contributed by atoms with Crippen molar-refractivity contribution < 1.29 is 14.3 Å². The summed E-state index contributed by atoms with van der Waals surface area (Å²) >= 11 is 0. The van der Waals surface area contributed by atoms with Crippen molar-refractivity contribution in [1.29, 1.82) is 0 Å². The normalized spacial score (nSPS) is 11.7. The third-order valence-electron chi connectivity index (χ3n) is 4.22. The second kappa shape index (κ2) is 8.35. The maximum Gasteiger partial charge on any atom is 0.328 e. The molecule has 0 saturated carbocycles. The molecule has 9 nitrogen and oxygen atoms in total. The Bertz CT molecular complexity index is 963. The van der Waals surface area contributed by atoms with Crippen LogP contribution in [0.15, 0.2) is 40.1 Å². The van der Waals surface area contributed by atoms with Crippen LogP contribution in [-0.2, 0) is 27.4 Å². The van der Waals surface area contributed by atoms with Gasteiger partial charge in [-0.3, -0.25) is 19.1 Å². The molecule has 1 amide bonds. The maximum absolute atomic E-state index is 12.9. The molecule has 144 valence electrons. The molecule has 1 atom stereocenters. The van der Waals surface area contributed by atoms with Crippen LogP contribution in [0.3, 0.4) is 0 Å². The number of anilines is 1. The van der Waals surface area contributed by atoms with Gasteiger partial charge in [-0.2, -0.15) is 0 Å². The van der Waals surface area contributed by atoms with Gasteiger partial charge in [0.05, 0.1) is 7.11 Å². The number of methoxy groups -OCH3 is 1. The lowest BCUT2D eigenvalue weighted by Crippen LogP contribution is -2.46. The number of amides is 1. The molecule has 1 heterocycles. The standard InChI is InChI=1S/C18H22N4O5/c1-11-8-21(18(26)20-16(11)24)10-15(23)22(12(2)17(25)27-3)9-13-6-4-5-7-14(13)19/h4-8,12H,9-10,19H2,1-3H3,(H,20,24,26)/t12-/m1/s1. The van der Waals surface area contributed by atoms with Gasteiger partial charge in [0, 0.05) is 24.0 Å². The van der Waals surface area contributed by atoms with E-state index >= 15 is 0 Å². The van der Waals surface area contributed by atoms with Gasteiger partial charge in [0.1, 0.15) is 12.6 Å². The van der Waals surface area contributed by atoms with Gasteiger partial charge < -0.3 is 15.4 Å². The second-order valence-corrected chi connectivity index (χ2v) is 6.12. The van der Waals surface area contributed by atoms with Crippen LogP contribution in [0.5, 0.6) is 0 Å². The number of carbonyl (C=O) groups excluding carboxylic acids is 2. The van der Waals surface area contributed by atoms with E-state index in [-0.39, 0.29) is 13.1 Å². The molecular weight excluding hydrogens is 352 g/mol. The third kappa shape index (κ3) is 4.63. The van der Waals surface area contributed by atoms with Gasteiger partial charge in [0.15, 0.2) is 0 Å². The van der Waals surface area contributed by atoms with Gasteiger partial charge in [0.2, 0.25) is 5.91 Å². The molecule has 0 spiro atoms. The molecule has 2 rings (SSSR count). The molecule has 0 radical (unpaired) electrons. The first-order valence-electron chi connectivity index (χ1n) is 8.25. The number of carbonyl (C=O) groups is 2. The number of aromatic amines is 1. The highest BCUT2D eigenvalue weighted by Crippen LogP contribution is 2.16. The Morgan fingerprint density at radius 3 is 2.59 bits per heavy atom. The molecular formula is C18H22N4O5. The fourth-order valence-corrected chi connectivity index (χ4v) is 2.57. The number of hydrogen-bond acceptors (Lipinski definition) is 6. The summed E-state index contributed by atoms with van der Waals surface area (Å²) in [5.74, 6) is -1.09. The van der Waals surface area contributed by atoms with Crippen LogP contribution in [-0.4, -0.2) is 39.5 Å². The molecule has 0 unspecified atom stereocenters. The molecule has 0 aliphatic rings. The first kappa shape index (κ1) is 20.0. The highest BCUT2D eigenvalue weighted by atomic mass is 16.5. The van der Waals surface area contributed by atoms with Gasteiger partial charge in [-0.25, -0.2) is 9.59 Å². The molecule has 0 aliphatic carbocycles. The van der Waals surface area contributed by atoms with E-state index in [1.165, 1.54) is 32.1 Å². The van der Waals surface area contributed by atoms with Crippen LogP contribution in [0.2, 0.25) is 0 Å². The van der Waals surface area contributed by atoms with Gasteiger partial charge in [-0.15, -0.1) is 0 Å². The van der Waals surface area contributed by atoms with Crippen molar-refractivity contribution in [2.45, 2.75) is 33.0 Å². The minimum atomic E-state index is -0.887. The molecule has 3 N–H and O–H groups in total. The lowest BCUT2D eigenvalue weighted by Gasteiger charge is -2.28. The van der Waals surface area contributed by atoms with Gasteiger partial charge in [0.25, 0.3) is 5.56 Å². The number of nitrogens with zero attached hydrogens (tertiary/aromatic N) is 2. The number of para-hydroxylation sites is 1. The summed E-state index contributed by atoms with van der Waals surface area (Å²) in [5.41, 5.74) is 6.15. The van der Waals surface area contributed by atoms with Crippen molar-refractivity contribution in [3.05, 3.63) is 62.4 Å². The molecule has 0 saturated heterocycles. The van der Waals surface area contributed by atoms with Crippen LogP contribution < -0.4 is 17.0 Å². The Labute approximate surface area is 155 Å². The number of hydrogen-bond donors (Lipinski definition) is 2. The van der Waals surface area contributed by atoms with Crippen molar-refractivity contribution in [3.8, 4) is 0 Å². The number of nitrogens with one attached hydrogen (secondary N) is 1. The molecule has 27 heavy (non-hydrogen) atoms. The monoisotopic (exact) mass is 374 g/mol. The average molecular weight is 374 g/mol. The molecule has 9 heteroatoms. The Hall–Kier alpha value is -3.36. The topological polar surface area (TPSA) is 127 Å². The highest BCUT2D eigenvalue weighted by Gasteiger charge is 2.27. The summed E-state index contributed by atoms with van der Waals surface area (Å²) in [5, 5.41) is 0. The van der Waals surface area contributed by atoms with Crippen LogP contribution in [0.25, 0.3) is 0 Å². The summed E-state index contributed by atoms with van der Waals surface area (Å²) in [6, 6.07) is 6.08. The molecule has 1 aromatic heterocycles. The number of nitrogens with two attached hydrogens (primary N) is 1. The summed E-state index contributed by atoms with van der Waals surface area (Å²) in [7, 11) is 1.23. The number of benzene rings is 1. The number of H-pyrrole nitrogens is 1. The number of rotatable bonds is 6. The molecule has 2 aromatic rings.